The first-order valence-electron chi connectivity index (χ1n) is 12.0. The number of ether oxygens (including phenoxy) is 1. The number of nitrogens with one attached hydrogen (secondary N) is 1. The zero-order valence-electron chi connectivity index (χ0n) is 19.2. The summed E-state index contributed by atoms with van der Waals surface area (Å²) in [6.45, 7) is 6.50. The highest BCUT2D eigenvalue weighted by molar-refractivity contribution is 5.63. The SMILES string of the molecule is Cc1ccc(-c2cc(C(F)(F)F)c(NC3C[C@@H]4CN(CC5CCOCC5)C[C@@H]4C3)nn2)c(F)c1. The Bertz CT molecular complexity index is 1010. The van der Waals surface area contributed by atoms with Crippen molar-refractivity contribution in [3.8, 4) is 11.3 Å². The fourth-order valence-electron chi connectivity index (χ4n) is 5.83. The number of fused-ring (bicyclic) bond motifs is 1. The van der Waals surface area contributed by atoms with Crippen LogP contribution in [0.2, 0.25) is 0 Å². The van der Waals surface area contributed by atoms with E-state index in [1.165, 1.54) is 12.1 Å². The maximum atomic E-state index is 14.3. The van der Waals surface area contributed by atoms with Crippen LogP contribution in [0.1, 0.15) is 36.8 Å². The second-order valence-electron chi connectivity index (χ2n) is 10.1. The van der Waals surface area contributed by atoms with Gasteiger partial charge in [-0.15, -0.1) is 10.2 Å². The van der Waals surface area contributed by atoms with Gasteiger partial charge in [0.05, 0.1) is 5.69 Å². The van der Waals surface area contributed by atoms with Crippen LogP contribution in [0.5, 0.6) is 0 Å². The molecular weight excluding hydrogens is 448 g/mol. The number of aryl methyl sites for hydroxylation is 1. The molecule has 5 rings (SSSR count). The summed E-state index contributed by atoms with van der Waals surface area (Å²) in [6, 6.07) is 5.18. The molecule has 2 aliphatic heterocycles. The fraction of sp³-hybridized carbons (Fsp3) is 0.600. The van der Waals surface area contributed by atoms with Crippen molar-refractivity contribution in [2.45, 2.75) is 44.8 Å². The van der Waals surface area contributed by atoms with Gasteiger partial charge in [-0.2, -0.15) is 13.2 Å². The van der Waals surface area contributed by atoms with Crippen LogP contribution in [0.25, 0.3) is 11.3 Å². The first-order chi connectivity index (χ1) is 16.3. The van der Waals surface area contributed by atoms with Crippen LogP contribution in [0.15, 0.2) is 24.3 Å². The summed E-state index contributed by atoms with van der Waals surface area (Å²) >= 11 is 0. The molecule has 0 bridgehead atoms. The molecule has 2 saturated heterocycles. The van der Waals surface area contributed by atoms with Gasteiger partial charge in [-0.3, -0.25) is 0 Å². The molecule has 3 fully saturated rings. The van der Waals surface area contributed by atoms with Crippen molar-refractivity contribution >= 4 is 5.82 Å². The average Bonchev–Trinajstić information content (AvgIpc) is 3.32. The van der Waals surface area contributed by atoms with Gasteiger partial charge in [-0.25, -0.2) is 4.39 Å². The molecule has 34 heavy (non-hydrogen) atoms. The highest BCUT2D eigenvalue weighted by Gasteiger charge is 2.43. The van der Waals surface area contributed by atoms with E-state index in [1.54, 1.807) is 13.0 Å². The van der Waals surface area contributed by atoms with E-state index in [9.17, 15) is 17.6 Å². The molecule has 1 aromatic heterocycles. The monoisotopic (exact) mass is 478 g/mol. The van der Waals surface area contributed by atoms with E-state index in [2.05, 4.69) is 20.4 Å². The predicted octanol–water partition coefficient (Wildman–Crippen LogP) is 5.16. The number of rotatable bonds is 5. The van der Waals surface area contributed by atoms with Gasteiger partial charge in [0.25, 0.3) is 0 Å². The average molecular weight is 479 g/mol. The zero-order chi connectivity index (χ0) is 23.9. The summed E-state index contributed by atoms with van der Waals surface area (Å²) in [5, 5.41) is 10.8. The highest BCUT2D eigenvalue weighted by atomic mass is 19.4. The minimum absolute atomic E-state index is 0.00941. The Labute approximate surface area is 196 Å². The van der Waals surface area contributed by atoms with E-state index < -0.39 is 17.6 Å². The number of aromatic nitrogens is 2. The number of halogens is 4. The molecule has 3 atom stereocenters. The summed E-state index contributed by atoms with van der Waals surface area (Å²) in [5.41, 5.74) is -0.338. The lowest BCUT2D eigenvalue weighted by Gasteiger charge is -2.28. The number of hydrogen-bond acceptors (Lipinski definition) is 5. The van der Waals surface area contributed by atoms with Crippen LogP contribution < -0.4 is 5.32 Å². The van der Waals surface area contributed by atoms with Gasteiger partial charge in [-0.05, 0) is 74.1 Å². The van der Waals surface area contributed by atoms with Gasteiger partial charge in [0.15, 0.2) is 5.82 Å². The number of benzene rings is 1. The largest absolute Gasteiger partial charge is 0.420 e. The summed E-state index contributed by atoms with van der Waals surface area (Å²) in [4.78, 5) is 2.52. The Morgan fingerprint density at radius 1 is 1.06 bits per heavy atom. The lowest BCUT2D eigenvalue weighted by molar-refractivity contribution is -0.137. The number of hydrogen-bond donors (Lipinski definition) is 1. The molecule has 1 unspecified atom stereocenters. The first-order valence-corrected chi connectivity index (χ1v) is 12.0. The molecule has 3 heterocycles. The summed E-state index contributed by atoms with van der Waals surface area (Å²) in [5.74, 6) is 0.772. The van der Waals surface area contributed by atoms with Gasteiger partial charge in [0.1, 0.15) is 11.4 Å². The third-order valence-electron chi connectivity index (χ3n) is 7.52. The topological polar surface area (TPSA) is 50.3 Å². The molecule has 1 N–H and O–H groups in total. The smallest absolute Gasteiger partial charge is 0.381 e. The fourth-order valence-corrected chi connectivity index (χ4v) is 5.83. The van der Waals surface area contributed by atoms with E-state index in [1.807, 2.05) is 0 Å². The van der Waals surface area contributed by atoms with E-state index in [0.29, 0.717) is 23.3 Å². The predicted molar refractivity (Wildman–Crippen MR) is 121 cm³/mol. The van der Waals surface area contributed by atoms with Gasteiger partial charge >= 0.3 is 6.18 Å². The Kier molecular flexibility index (Phi) is 6.50. The van der Waals surface area contributed by atoms with Crippen molar-refractivity contribution in [2.24, 2.45) is 17.8 Å². The van der Waals surface area contributed by atoms with E-state index >= 15 is 0 Å². The second-order valence-corrected chi connectivity index (χ2v) is 10.1. The highest BCUT2D eigenvalue weighted by Crippen LogP contribution is 2.42. The lowest BCUT2D eigenvalue weighted by atomic mass is 10.00. The van der Waals surface area contributed by atoms with Crippen molar-refractivity contribution in [3.05, 3.63) is 41.2 Å². The summed E-state index contributed by atoms with van der Waals surface area (Å²) < 4.78 is 61.4. The normalized spacial score (nSPS) is 26.1. The van der Waals surface area contributed by atoms with Crippen molar-refractivity contribution in [1.82, 2.24) is 15.1 Å². The van der Waals surface area contributed by atoms with Crippen LogP contribution in [0.4, 0.5) is 23.4 Å². The van der Waals surface area contributed by atoms with Crippen molar-refractivity contribution < 1.29 is 22.3 Å². The Hall–Kier alpha value is -2.26. The van der Waals surface area contributed by atoms with Crippen molar-refractivity contribution in [2.75, 3.05) is 38.2 Å². The molecule has 9 heteroatoms. The number of anilines is 1. The van der Waals surface area contributed by atoms with E-state index in [-0.39, 0.29) is 23.1 Å². The molecular formula is C25H30F4N4O. The van der Waals surface area contributed by atoms with Gasteiger partial charge in [0.2, 0.25) is 0 Å². The maximum Gasteiger partial charge on any atom is 0.420 e. The van der Waals surface area contributed by atoms with Gasteiger partial charge in [-0.1, -0.05) is 6.07 Å². The Morgan fingerprint density at radius 2 is 1.76 bits per heavy atom. The summed E-state index contributed by atoms with van der Waals surface area (Å²) in [7, 11) is 0. The van der Waals surface area contributed by atoms with E-state index in [4.69, 9.17) is 4.74 Å². The molecule has 5 nitrogen and oxygen atoms in total. The van der Waals surface area contributed by atoms with Crippen LogP contribution in [0.3, 0.4) is 0 Å². The van der Waals surface area contributed by atoms with Gasteiger partial charge < -0.3 is 15.0 Å². The molecule has 2 aromatic rings. The second kappa shape index (κ2) is 9.41. The van der Waals surface area contributed by atoms with Crippen LogP contribution >= 0.6 is 0 Å². The minimum Gasteiger partial charge on any atom is -0.381 e. The molecule has 0 spiro atoms. The molecule has 1 aromatic carbocycles. The Balaban J connectivity index is 1.26. The minimum atomic E-state index is -4.62. The molecule has 0 amide bonds. The number of likely N-dealkylation sites (tertiary alicyclic amines) is 1. The lowest BCUT2D eigenvalue weighted by Crippen LogP contribution is -2.32. The molecule has 3 aliphatic rings. The molecule has 0 radical (unpaired) electrons. The molecule has 1 saturated carbocycles. The summed E-state index contributed by atoms with van der Waals surface area (Å²) in [6.07, 6.45) is -0.761. The standard InChI is InChI=1S/C25H30F4N4O/c1-15-2-3-20(22(26)8-15)23-11-21(25(27,28)29)24(32-31-23)30-19-9-17-13-33(14-18(17)10-19)12-16-4-6-34-7-5-16/h2-3,8,11,16-19H,4-7,9-10,12-14H2,1H3,(H,30,32)/t17-,18+,19?. The molecule has 184 valence electrons. The van der Waals surface area contributed by atoms with Crippen molar-refractivity contribution in [1.29, 1.82) is 0 Å². The van der Waals surface area contributed by atoms with Crippen molar-refractivity contribution in [3.63, 3.8) is 0 Å². The quantitative estimate of drug-likeness (QED) is 0.602. The first kappa shape index (κ1) is 23.5. The molecule has 1 aliphatic carbocycles. The van der Waals surface area contributed by atoms with Crippen LogP contribution in [-0.4, -0.2) is 54.0 Å². The third kappa shape index (κ3) is 5.05. The van der Waals surface area contributed by atoms with E-state index in [0.717, 1.165) is 64.6 Å². The number of nitrogens with zero attached hydrogens (tertiary/aromatic N) is 3. The van der Waals surface area contributed by atoms with Crippen LogP contribution in [0, 0.1) is 30.5 Å². The van der Waals surface area contributed by atoms with Gasteiger partial charge in [0, 0.05) is 44.5 Å². The number of alkyl halides is 3. The zero-order valence-corrected chi connectivity index (χ0v) is 19.2. The third-order valence-corrected chi connectivity index (χ3v) is 7.52. The maximum absolute atomic E-state index is 14.3. The van der Waals surface area contributed by atoms with Crippen LogP contribution in [-0.2, 0) is 10.9 Å². The Morgan fingerprint density at radius 3 is 2.41 bits per heavy atom.